The van der Waals surface area contributed by atoms with Gasteiger partial charge in [-0.2, -0.15) is 0 Å². The van der Waals surface area contributed by atoms with Gasteiger partial charge in [0.15, 0.2) is 17.5 Å². The zero-order valence-corrected chi connectivity index (χ0v) is 16.9. The summed E-state index contributed by atoms with van der Waals surface area (Å²) in [6, 6.07) is 6.45. The standard InChI is InChI=1S/C20H34FN5O/c1-4-22-20(23-10-13-26-12-7-11-25(3)14-15-26)24-16-17(2)27-19-9-6-5-8-18(19)21/h5-6,8-9,17H,4,7,10-16H2,1-3H3,(H2,22,23,24). The number of benzene rings is 1. The van der Waals surface area contributed by atoms with Gasteiger partial charge in [-0.25, -0.2) is 9.38 Å². The molecule has 0 saturated carbocycles. The second-order valence-electron chi connectivity index (χ2n) is 7.00. The first-order chi connectivity index (χ1) is 13.1. The number of rotatable bonds is 8. The number of para-hydroxylation sites is 1. The van der Waals surface area contributed by atoms with E-state index in [-0.39, 0.29) is 17.7 Å². The van der Waals surface area contributed by atoms with Gasteiger partial charge in [-0.05, 0) is 52.5 Å². The summed E-state index contributed by atoms with van der Waals surface area (Å²) in [6.45, 7) is 11.6. The summed E-state index contributed by atoms with van der Waals surface area (Å²) in [5, 5.41) is 6.64. The highest BCUT2D eigenvalue weighted by Gasteiger charge is 2.12. The lowest BCUT2D eigenvalue weighted by molar-refractivity contribution is 0.220. The van der Waals surface area contributed by atoms with Crippen LogP contribution in [-0.2, 0) is 0 Å². The predicted octanol–water partition coefficient (Wildman–Crippen LogP) is 1.79. The topological polar surface area (TPSA) is 52.1 Å². The molecule has 0 aromatic heterocycles. The Labute approximate surface area is 162 Å². The molecule has 0 amide bonds. The summed E-state index contributed by atoms with van der Waals surface area (Å²) in [5.41, 5.74) is 0. The lowest BCUT2D eigenvalue weighted by Crippen LogP contribution is -2.42. The van der Waals surface area contributed by atoms with Crippen molar-refractivity contribution in [2.24, 2.45) is 4.99 Å². The van der Waals surface area contributed by atoms with E-state index in [1.54, 1.807) is 18.2 Å². The molecular formula is C20H34FN5O. The van der Waals surface area contributed by atoms with Crippen LogP contribution >= 0.6 is 0 Å². The van der Waals surface area contributed by atoms with E-state index in [0.717, 1.165) is 45.2 Å². The van der Waals surface area contributed by atoms with Crippen molar-refractivity contribution in [3.05, 3.63) is 30.1 Å². The minimum atomic E-state index is -0.346. The second-order valence-corrected chi connectivity index (χ2v) is 7.00. The van der Waals surface area contributed by atoms with Crippen molar-refractivity contribution in [2.75, 3.05) is 59.4 Å². The SMILES string of the molecule is CCNC(=NCC(C)Oc1ccccc1F)NCCN1CCCN(C)CC1. The highest BCUT2D eigenvalue weighted by Crippen LogP contribution is 2.16. The average molecular weight is 380 g/mol. The molecule has 2 rings (SSSR count). The maximum atomic E-state index is 13.7. The Morgan fingerprint density at radius 1 is 1.22 bits per heavy atom. The summed E-state index contributed by atoms with van der Waals surface area (Å²) >= 11 is 0. The number of likely N-dealkylation sites (N-methyl/N-ethyl adjacent to an activating group) is 1. The third-order valence-electron chi connectivity index (χ3n) is 4.55. The Hall–Kier alpha value is -1.86. The van der Waals surface area contributed by atoms with Crippen molar-refractivity contribution in [1.82, 2.24) is 20.4 Å². The Morgan fingerprint density at radius 2 is 2.04 bits per heavy atom. The van der Waals surface area contributed by atoms with Crippen LogP contribution in [0.4, 0.5) is 4.39 Å². The first-order valence-corrected chi connectivity index (χ1v) is 9.92. The van der Waals surface area contributed by atoms with Crippen molar-refractivity contribution in [2.45, 2.75) is 26.4 Å². The van der Waals surface area contributed by atoms with Crippen LogP contribution in [0, 0.1) is 5.82 Å². The molecule has 1 aromatic carbocycles. The van der Waals surface area contributed by atoms with Crippen LogP contribution in [-0.4, -0.2) is 81.3 Å². The third kappa shape index (κ3) is 8.13. The summed E-state index contributed by atoms with van der Waals surface area (Å²) in [7, 11) is 2.18. The Bertz CT molecular complexity index is 583. The number of hydrogen-bond acceptors (Lipinski definition) is 4. The van der Waals surface area contributed by atoms with E-state index in [0.29, 0.717) is 6.54 Å². The molecule has 2 N–H and O–H groups in total. The minimum absolute atomic E-state index is 0.210. The van der Waals surface area contributed by atoms with Gasteiger partial charge in [0, 0.05) is 32.7 Å². The molecule has 1 unspecified atom stereocenters. The lowest BCUT2D eigenvalue weighted by Gasteiger charge is -2.21. The molecule has 0 spiro atoms. The smallest absolute Gasteiger partial charge is 0.191 e. The monoisotopic (exact) mass is 379 g/mol. The van der Waals surface area contributed by atoms with Gasteiger partial charge in [0.25, 0.3) is 0 Å². The fraction of sp³-hybridized carbons (Fsp3) is 0.650. The van der Waals surface area contributed by atoms with E-state index in [1.165, 1.54) is 19.0 Å². The molecule has 7 heteroatoms. The van der Waals surface area contributed by atoms with Crippen molar-refractivity contribution < 1.29 is 9.13 Å². The third-order valence-corrected chi connectivity index (χ3v) is 4.55. The van der Waals surface area contributed by atoms with E-state index in [9.17, 15) is 4.39 Å². The van der Waals surface area contributed by atoms with Crippen LogP contribution in [0.1, 0.15) is 20.3 Å². The highest BCUT2D eigenvalue weighted by atomic mass is 19.1. The average Bonchev–Trinajstić information content (AvgIpc) is 2.86. The Kier molecular flexibility index (Phi) is 9.35. The first-order valence-electron chi connectivity index (χ1n) is 9.92. The maximum absolute atomic E-state index is 13.7. The van der Waals surface area contributed by atoms with Crippen LogP contribution in [0.3, 0.4) is 0 Å². The van der Waals surface area contributed by atoms with Gasteiger partial charge in [-0.15, -0.1) is 0 Å². The minimum Gasteiger partial charge on any atom is -0.486 e. The van der Waals surface area contributed by atoms with E-state index < -0.39 is 0 Å². The van der Waals surface area contributed by atoms with Crippen LogP contribution in [0.2, 0.25) is 0 Å². The van der Waals surface area contributed by atoms with Crippen LogP contribution in [0.5, 0.6) is 5.75 Å². The summed E-state index contributed by atoms with van der Waals surface area (Å²) in [6.07, 6.45) is 1.01. The highest BCUT2D eigenvalue weighted by molar-refractivity contribution is 5.79. The van der Waals surface area contributed by atoms with E-state index in [1.807, 2.05) is 13.8 Å². The number of nitrogens with one attached hydrogen (secondary N) is 2. The number of ether oxygens (including phenoxy) is 1. The molecule has 27 heavy (non-hydrogen) atoms. The zero-order valence-electron chi connectivity index (χ0n) is 16.9. The normalized spacial score (nSPS) is 18.0. The van der Waals surface area contributed by atoms with Gasteiger partial charge in [-0.3, -0.25) is 0 Å². The van der Waals surface area contributed by atoms with Crippen molar-refractivity contribution in [3.8, 4) is 5.75 Å². The number of guanidine groups is 1. The Balaban J connectivity index is 1.76. The molecular weight excluding hydrogens is 345 g/mol. The summed E-state index contributed by atoms with van der Waals surface area (Å²) < 4.78 is 19.3. The molecule has 1 atom stereocenters. The molecule has 1 aliphatic rings. The molecule has 1 saturated heterocycles. The van der Waals surface area contributed by atoms with Crippen LogP contribution in [0.25, 0.3) is 0 Å². The van der Waals surface area contributed by atoms with Gasteiger partial charge in [0.2, 0.25) is 0 Å². The fourth-order valence-electron chi connectivity index (χ4n) is 3.01. The molecule has 1 heterocycles. The molecule has 1 fully saturated rings. The quantitative estimate of drug-likeness (QED) is 0.533. The molecule has 0 radical (unpaired) electrons. The maximum Gasteiger partial charge on any atom is 0.191 e. The summed E-state index contributed by atoms with van der Waals surface area (Å²) in [5.74, 6) is 0.694. The lowest BCUT2D eigenvalue weighted by atomic mass is 10.3. The van der Waals surface area contributed by atoms with E-state index in [2.05, 4.69) is 32.5 Å². The number of nitrogens with zero attached hydrogens (tertiary/aromatic N) is 3. The van der Waals surface area contributed by atoms with Crippen LogP contribution in [0.15, 0.2) is 29.3 Å². The van der Waals surface area contributed by atoms with E-state index in [4.69, 9.17) is 4.74 Å². The van der Waals surface area contributed by atoms with Gasteiger partial charge in [-0.1, -0.05) is 12.1 Å². The zero-order chi connectivity index (χ0) is 19.5. The predicted molar refractivity (Wildman–Crippen MR) is 109 cm³/mol. The van der Waals surface area contributed by atoms with Crippen molar-refractivity contribution in [3.63, 3.8) is 0 Å². The van der Waals surface area contributed by atoms with E-state index >= 15 is 0 Å². The van der Waals surface area contributed by atoms with Crippen molar-refractivity contribution >= 4 is 5.96 Å². The molecule has 1 aromatic rings. The van der Waals surface area contributed by atoms with Gasteiger partial charge >= 0.3 is 0 Å². The summed E-state index contributed by atoms with van der Waals surface area (Å²) in [4.78, 5) is 9.45. The van der Waals surface area contributed by atoms with Crippen molar-refractivity contribution in [1.29, 1.82) is 0 Å². The fourth-order valence-corrected chi connectivity index (χ4v) is 3.01. The van der Waals surface area contributed by atoms with Gasteiger partial charge < -0.3 is 25.2 Å². The number of hydrogen-bond donors (Lipinski definition) is 2. The second kappa shape index (κ2) is 11.8. The van der Waals surface area contributed by atoms with Crippen LogP contribution < -0.4 is 15.4 Å². The molecule has 6 nitrogen and oxygen atoms in total. The number of aliphatic imine (C=N–C) groups is 1. The first kappa shape index (κ1) is 21.4. The largest absolute Gasteiger partial charge is 0.486 e. The molecule has 0 aliphatic carbocycles. The molecule has 0 bridgehead atoms. The van der Waals surface area contributed by atoms with Gasteiger partial charge in [0.1, 0.15) is 6.10 Å². The molecule has 152 valence electrons. The number of halogens is 1. The molecule has 1 aliphatic heterocycles. The Morgan fingerprint density at radius 3 is 2.81 bits per heavy atom. The van der Waals surface area contributed by atoms with Gasteiger partial charge in [0.05, 0.1) is 6.54 Å².